The van der Waals surface area contributed by atoms with Gasteiger partial charge in [-0.05, 0) is 29.8 Å². The maximum Gasteiger partial charge on any atom is 0.329 e. The Labute approximate surface area is 173 Å². The number of thiazole rings is 1. The fourth-order valence-corrected chi connectivity index (χ4v) is 4.20. The Kier molecular flexibility index (Phi) is 5.15. The number of nitrogens with one attached hydrogen (secondary N) is 1. The van der Waals surface area contributed by atoms with E-state index in [1.807, 2.05) is 36.4 Å². The topological polar surface area (TPSA) is 68.9 Å². The van der Waals surface area contributed by atoms with E-state index < -0.39 is 0 Å². The Morgan fingerprint density at radius 2 is 1.86 bits per heavy atom. The predicted octanol–water partition coefficient (Wildman–Crippen LogP) is 3.79. The third-order valence-corrected chi connectivity index (χ3v) is 5.89. The molecule has 6 nitrogen and oxygen atoms in total. The summed E-state index contributed by atoms with van der Waals surface area (Å²) in [5.74, 6) is -0.275. The molecule has 0 bridgehead atoms. The number of carbonyl (C=O) groups is 1. The highest BCUT2D eigenvalue weighted by atomic mass is 79.9. The van der Waals surface area contributed by atoms with Gasteiger partial charge in [0.15, 0.2) is 5.13 Å². The molecule has 142 valence electrons. The summed E-state index contributed by atoms with van der Waals surface area (Å²) in [5.41, 5.74) is 2.49. The number of aryl methyl sites for hydroxylation is 1. The zero-order valence-electron chi connectivity index (χ0n) is 15.1. The second-order valence-corrected chi connectivity index (χ2v) is 8.43. The lowest BCUT2D eigenvalue weighted by Gasteiger charge is -2.03. The molecular formula is C20H17BrN4O2S. The molecule has 0 atom stereocenters. The lowest BCUT2D eigenvalue weighted by Crippen LogP contribution is -2.28. The Morgan fingerprint density at radius 1 is 1.14 bits per heavy atom. The van der Waals surface area contributed by atoms with Gasteiger partial charge in [-0.15, -0.1) is 11.3 Å². The van der Waals surface area contributed by atoms with Crippen molar-refractivity contribution in [1.82, 2.24) is 14.1 Å². The molecule has 0 spiro atoms. The van der Waals surface area contributed by atoms with Gasteiger partial charge in [0.1, 0.15) is 6.54 Å². The molecule has 0 aliphatic heterocycles. The highest BCUT2D eigenvalue weighted by Crippen LogP contribution is 2.22. The van der Waals surface area contributed by atoms with Crippen molar-refractivity contribution in [2.75, 3.05) is 5.32 Å². The lowest BCUT2D eigenvalue weighted by atomic mass is 10.1. The first-order valence-corrected chi connectivity index (χ1v) is 10.3. The number of amides is 1. The summed E-state index contributed by atoms with van der Waals surface area (Å²) in [6, 6.07) is 15.5. The first-order chi connectivity index (χ1) is 13.5. The van der Waals surface area contributed by atoms with Gasteiger partial charge in [-0.25, -0.2) is 9.78 Å². The van der Waals surface area contributed by atoms with Crippen LogP contribution in [0, 0.1) is 0 Å². The van der Waals surface area contributed by atoms with Crippen LogP contribution in [0.15, 0.2) is 64.0 Å². The highest BCUT2D eigenvalue weighted by Gasteiger charge is 2.14. The number of carbonyl (C=O) groups excluding carboxylic acids is 1. The number of para-hydroxylation sites is 2. The molecule has 0 saturated carbocycles. The van der Waals surface area contributed by atoms with Crippen LogP contribution in [0.3, 0.4) is 0 Å². The first kappa shape index (κ1) is 18.6. The molecule has 8 heteroatoms. The molecule has 1 amide bonds. The van der Waals surface area contributed by atoms with Crippen molar-refractivity contribution < 1.29 is 4.79 Å². The second kappa shape index (κ2) is 7.73. The molecule has 4 aromatic rings. The summed E-state index contributed by atoms with van der Waals surface area (Å²) in [7, 11) is 1.70. The molecule has 1 N–H and O–H groups in total. The van der Waals surface area contributed by atoms with Gasteiger partial charge in [0, 0.05) is 29.0 Å². The quantitative estimate of drug-likeness (QED) is 0.496. The fourth-order valence-electron chi connectivity index (χ4n) is 3.07. The summed E-state index contributed by atoms with van der Waals surface area (Å²) >= 11 is 4.86. The average Bonchev–Trinajstić information content (AvgIpc) is 3.22. The van der Waals surface area contributed by atoms with Gasteiger partial charge in [-0.1, -0.05) is 40.2 Å². The Hall–Kier alpha value is -2.71. The first-order valence-electron chi connectivity index (χ1n) is 8.64. The molecule has 0 aliphatic rings. The number of imidazole rings is 1. The van der Waals surface area contributed by atoms with Gasteiger partial charge in [-0.2, -0.15) is 0 Å². The number of anilines is 1. The van der Waals surface area contributed by atoms with Crippen molar-refractivity contribution in [3.05, 3.63) is 80.1 Å². The van der Waals surface area contributed by atoms with E-state index >= 15 is 0 Å². The van der Waals surface area contributed by atoms with E-state index in [1.165, 1.54) is 21.5 Å². The van der Waals surface area contributed by atoms with Crippen molar-refractivity contribution in [2.24, 2.45) is 7.05 Å². The number of hydrogen-bond donors (Lipinski definition) is 1. The standard InChI is InChI=1S/C20H17BrN4O2S/c1-24-16-4-2-3-5-17(16)25(20(24)27)12-18(26)23-19-22-11-15(28-19)10-13-6-8-14(21)9-7-13/h2-9,11H,10,12H2,1H3,(H,22,23,26). The van der Waals surface area contributed by atoms with Crippen molar-refractivity contribution in [2.45, 2.75) is 13.0 Å². The van der Waals surface area contributed by atoms with Gasteiger partial charge in [0.05, 0.1) is 11.0 Å². The number of fused-ring (bicyclic) bond motifs is 1. The molecule has 0 unspecified atom stereocenters. The van der Waals surface area contributed by atoms with Crippen LogP contribution in [-0.4, -0.2) is 20.0 Å². The number of aromatic nitrogens is 3. The highest BCUT2D eigenvalue weighted by molar-refractivity contribution is 9.10. The van der Waals surface area contributed by atoms with E-state index in [-0.39, 0.29) is 18.1 Å². The summed E-state index contributed by atoms with van der Waals surface area (Å²) in [6.45, 7) is -0.0538. The largest absolute Gasteiger partial charge is 0.329 e. The molecule has 0 fully saturated rings. The van der Waals surface area contributed by atoms with Crippen LogP contribution < -0.4 is 11.0 Å². The third kappa shape index (κ3) is 3.79. The molecule has 0 aliphatic carbocycles. The van der Waals surface area contributed by atoms with E-state index in [9.17, 15) is 9.59 Å². The van der Waals surface area contributed by atoms with E-state index in [2.05, 4.69) is 38.4 Å². The van der Waals surface area contributed by atoms with Gasteiger partial charge in [0.2, 0.25) is 5.91 Å². The fraction of sp³-hybridized carbons (Fsp3) is 0.150. The van der Waals surface area contributed by atoms with Crippen LogP contribution in [0.25, 0.3) is 11.0 Å². The van der Waals surface area contributed by atoms with Crippen molar-refractivity contribution >= 4 is 49.3 Å². The monoisotopic (exact) mass is 456 g/mol. The Balaban J connectivity index is 1.46. The number of benzene rings is 2. The van der Waals surface area contributed by atoms with Crippen LogP contribution in [-0.2, 0) is 24.8 Å². The van der Waals surface area contributed by atoms with E-state index in [0.717, 1.165) is 26.8 Å². The molecule has 2 heterocycles. The van der Waals surface area contributed by atoms with Gasteiger partial charge < -0.3 is 5.32 Å². The average molecular weight is 457 g/mol. The Bertz CT molecular complexity index is 1210. The number of hydrogen-bond acceptors (Lipinski definition) is 4. The van der Waals surface area contributed by atoms with Crippen LogP contribution in [0.2, 0.25) is 0 Å². The van der Waals surface area contributed by atoms with Crippen LogP contribution >= 0.6 is 27.3 Å². The zero-order chi connectivity index (χ0) is 19.7. The summed E-state index contributed by atoms with van der Waals surface area (Å²) in [4.78, 5) is 30.3. The van der Waals surface area contributed by atoms with Gasteiger partial charge in [-0.3, -0.25) is 13.9 Å². The lowest BCUT2D eigenvalue weighted by molar-refractivity contribution is -0.116. The molecule has 0 radical (unpaired) electrons. The van der Waals surface area contributed by atoms with E-state index in [4.69, 9.17) is 0 Å². The second-order valence-electron chi connectivity index (χ2n) is 6.40. The normalized spacial score (nSPS) is 11.1. The molecule has 0 saturated heterocycles. The SMILES string of the molecule is Cn1c(=O)n(CC(=O)Nc2ncc(Cc3ccc(Br)cc3)s2)c2ccccc21. The molecule has 2 aromatic heterocycles. The van der Waals surface area contributed by atoms with Gasteiger partial charge in [0.25, 0.3) is 0 Å². The molecule has 4 rings (SSSR count). The van der Waals surface area contributed by atoms with Crippen molar-refractivity contribution in [3.63, 3.8) is 0 Å². The third-order valence-electron chi connectivity index (χ3n) is 4.44. The van der Waals surface area contributed by atoms with Crippen LogP contribution in [0.1, 0.15) is 10.4 Å². The summed E-state index contributed by atoms with van der Waals surface area (Å²) in [6.07, 6.45) is 2.52. The smallest absolute Gasteiger partial charge is 0.300 e. The van der Waals surface area contributed by atoms with Crippen molar-refractivity contribution in [3.8, 4) is 0 Å². The van der Waals surface area contributed by atoms with Crippen LogP contribution in [0.5, 0.6) is 0 Å². The minimum absolute atomic E-state index is 0.0538. The van der Waals surface area contributed by atoms with E-state index in [1.54, 1.807) is 17.8 Å². The Morgan fingerprint density at radius 3 is 2.61 bits per heavy atom. The number of nitrogens with zero attached hydrogens (tertiary/aromatic N) is 3. The molecular weight excluding hydrogens is 440 g/mol. The minimum Gasteiger partial charge on any atom is -0.300 e. The predicted molar refractivity (Wildman–Crippen MR) is 115 cm³/mol. The molecule has 2 aromatic carbocycles. The summed E-state index contributed by atoms with van der Waals surface area (Å²) < 4.78 is 4.06. The van der Waals surface area contributed by atoms with Crippen LogP contribution in [0.4, 0.5) is 5.13 Å². The molecule has 28 heavy (non-hydrogen) atoms. The number of rotatable bonds is 5. The van der Waals surface area contributed by atoms with Crippen molar-refractivity contribution in [1.29, 1.82) is 0 Å². The van der Waals surface area contributed by atoms with Gasteiger partial charge >= 0.3 is 5.69 Å². The van der Waals surface area contributed by atoms with E-state index in [0.29, 0.717) is 5.13 Å². The zero-order valence-corrected chi connectivity index (χ0v) is 17.5. The maximum absolute atomic E-state index is 12.5. The number of halogens is 1. The maximum atomic E-state index is 12.5. The summed E-state index contributed by atoms with van der Waals surface area (Å²) in [5, 5.41) is 3.33. The minimum atomic E-state index is -0.275.